The SMILES string of the molecule is CCCCCCC(C)NC(=O)Nc1cc(OC)cc(OC)c1. The zero-order chi connectivity index (χ0) is 16.4. The van der Waals surface area contributed by atoms with Crippen molar-refractivity contribution in [2.45, 2.75) is 52.0 Å². The van der Waals surface area contributed by atoms with Gasteiger partial charge >= 0.3 is 6.03 Å². The zero-order valence-electron chi connectivity index (χ0n) is 14.1. The predicted molar refractivity (Wildman–Crippen MR) is 89.9 cm³/mol. The summed E-state index contributed by atoms with van der Waals surface area (Å²) in [5.41, 5.74) is 0.645. The third-order valence-electron chi connectivity index (χ3n) is 3.48. The fourth-order valence-corrected chi connectivity index (χ4v) is 2.22. The Bertz CT molecular complexity index is 441. The maximum atomic E-state index is 12.0. The first-order chi connectivity index (χ1) is 10.6. The van der Waals surface area contributed by atoms with Crippen LogP contribution in [0.3, 0.4) is 0 Å². The van der Waals surface area contributed by atoms with Crippen molar-refractivity contribution in [1.82, 2.24) is 5.32 Å². The van der Waals surface area contributed by atoms with Crippen LogP contribution in [0, 0.1) is 0 Å². The molecule has 1 aromatic carbocycles. The van der Waals surface area contributed by atoms with Gasteiger partial charge in [-0.3, -0.25) is 0 Å². The van der Waals surface area contributed by atoms with Crippen molar-refractivity contribution >= 4 is 11.7 Å². The second-order valence-electron chi connectivity index (χ2n) is 5.45. The van der Waals surface area contributed by atoms with E-state index in [-0.39, 0.29) is 12.1 Å². The highest BCUT2D eigenvalue weighted by Crippen LogP contribution is 2.25. The number of hydrogen-bond donors (Lipinski definition) is 2. The highest BCUT2D eigenvalue weighted by Gasteiger charge is 2.09. The number of hydrogen-bond acceptors (Lipinski definition) is 3. The molecule has 2 N–H and O–H groups in total. The van der Waals surface area contributed by atoms with Gasteiger partial charge in [-0.15, -0.1) is 0 Å². The van der Waals surface area contributed by atoms with Crippen LogP contribution in [0.5, 0.6) is 11.5 Å². The molecule has 0 bridgehead atoms. The molecule has 124 valence electrons. The molecule has 0 radical (unpaired) electrons. The summed E-state index contributed by atoms with van der Waals surface area (Å²) in [7, 11) is 3.16. The van der Waals surface area contributed by atoms with Gasteiger partial charge in [0.25, 0.3) is 0 Å². The number of unbranched alkanes of at least 4 members (excludes halogenated alkanes) is 3. The largest absolute Gasteiger partial charge is 0.497 e. The van der Waals surface area contributed by atoms with Crippen molar-refractivity contribution < 1.29 is 14.3 Å². The molecule has 1 rings (SSSR count). The summed E-state index contributed by atoms with van der Waals surface area (Å²) in [5, 5.41) is 5.76. The maximum absolute atomic E-state index is 12.0. The summed E-state index contributed by atoms with van der Waals surface area (Å²) in [5.74, 6) is 1.28. The van der Waals surface area contributed by atoms with Crippen molar-refractivity contribution in [3.63, 3.8) is 0 Å². The summed E-state index contributed by atoms with van der Waals surface area (Å²) in [4.78, 5) is 12.0. The van der Waals surface area contributed by atoms with Gasteiger partial charge in [-0.2, -0.15) is 0 Å². The molecule has 0 aliphatic rings. The van der Waals surface area contributed by atoms with Crippen molar-refractivity contribution in [2.24, 2.45) is 0 Å². The Labute approximate surface area is 133 Å². The van der Waals surface area contributed by atoms with Crippen LogP contribution >= 0.6 is 0 Å². The minimum absolute atomic E-state index is 0.157. The van der Waals surface area contributed by atoms with Crippen LogP contribution in [0.1, 0.15) is 46.0 Å². The Hall–Kier alpha value is -1.91. The minimum atomic E-state index is -0.210. The lowest BCUT2D eigenvalue weighted by molar-refractivity contribution is 0.248. The molecule has 0 aliphatic heterocycles. The molecule has 0 saturated heterocycles. The maximum Gasteiger partial charge on any atom is 0.319 e. The van der Waals surface area contributed by atoms with Crippen molar-refractivity contribution in [3.8, 4) is 11.5 Å². The summed E-state index contributed by atoms with van der Waals surface area (Å²) < 4.78 is 10.4. The molecule has 1 aromatic rings. The topological polar surface area (TPSA) is 59.6 Å². The second kappa shape index (κ2) is 9.92. The van der Waals surface area contributed by atoms with E-state index in [1.54, 1.807) is 32.4 Å². The van der Waals surface area contributed by atoms with E-state index >= 15 is 0 Å². The van der Waals surface area contributed by atoms with Crippen LogP contribution in [0.15, 0.2) is 18.2 Å². The number of carbonyl (C=O) groups is 1. The van der Waals surface area contributed by atoms with Gasteiger partial charge in [-0.1, -0.05) is 32.6 Å². The molecule has 0 heterocycles. The number of urea groups is 1. The third kappa shape index (κ3) is 6.70. The van der Waals surface area contributed by atoms with Gasteiger partial charge in [-0.25, -0.2) is 4.79 Å². The average molecular weight is 308 g/mol. The first-order valence-electron chi connectivity index (χ1n) is 7.89. The van der Waals surface area contributed by atoms with Crippen molar-refractivity contribution in [1.29, 1.82) is 0 Å². The van der Waals surface area contributed by atoms with E-state index < -0.39 is 0 Å². The number of carbonyl (C=O) groups excluding carboxylic acids is 1. The van der Waals surface area contributed by atoms with E-state index in [1.165, 1.54) is 19.3 Å². The minimum Gasteiger partial charge on any atom is -0.497 e. The molecule has 0 aliphatic carbocycles. The normalized spacial score (nSPS) is 11.6. The lowest BCUT2D eigenvalue weighted by atomic mass is 10.1. The Balaban J connectivity index is 2.47. The van der Waals surface area contributed by atoms with Crippen molar-refractivity contribution in [3.05, 3.63) is 18.2 Å². The lowest BCUT2D eigenvalue weighted by Gasteiger charge is -2.15. The van der Waals surface area contributed by atoms with Crippen LogP contribution in [0.2, 0.25) is 0 Å². The van der Waals surface area contributed by atoms with Crippen LogP contribution in [-0.4, -0.2) is 26.3 Å². The van der Waals surface area contributed by atoms with Gasteiger partial charge in [0.1, 0.15) is 11.5 Å². The van der Waals surface area contributed by atoms with Gasteiger partial charge in [0.15, 0.2) is 0 Å². The van der Waals surface area contributed by atoms with Gasteiger partial charge < -0.3 is 20.1 Å². The fourth-order valence-electron chi connectivity index (χ4n) is 2.22. The Morgan fingerprint density at radius 2 is 1.73 bits per heavy atom. The number of ether oxygens (including phenoxy) is 2. The molecule has 1 unspecified atom stereocenters. The Morgan fingerprint density at radius 1 is 1.09 bits per heavy atom. The Morgan fingerprint density at radius 3 is 2.27 bits per heavy atom. The summed E-state index contributed by atoms with van der Waals surface area (Å²) in [6.07, 6.45) is 5.83. The molecular formula is C17H28N2O3. The molecule has 5 heteroatoms. The van der Waals surface area contributed by atoms with Crippen LogP contribution in [0.4, 0.5) is 10.5 Å². The number of rotatable bonds is 9. The quantitative estimate of drug-likeness (QED) is 0.673. The predicted octanol–water partition coefficient (Wildman–Crippen LogP) is 4.18. The number of benzene rings is 1. The van der Waals surface area contributed by atoms with E-state index in [0.717, 1.165) is 12.8 Å². The van der Waals surface area contributed by atoms with Gasteiger partial charge in [0.05, 0.1) is 14.2 Å². The molecule has 0 spiro atoms. The van der Waals surface area contributed by atoms with E-state index in [4.69, 9.17) is 9.47 Å². The van der Waals surface area contributed by atoms with E-state index in [0.29, 0.717) is 17.2 Å². The van der Waals surface area contributed by atoms with Crippen LogP contribution in [0.25, 0.3) is 0 Å². The van der Waals surface area contributed by atoms with Crippen LogP contribution < -0.4 is 20.1 Å². The molecule has 0 aromatic heterocycles. The molecule has 0 saturated carbocycles. The van der Waals surface area contributed by atoms with Crippen LogP contribution in [-0.2, 0) is 0 Å². The average Bonchev–Trinajstić information content (AvgIpc) is 2.50. The summed E-state index contributed by atoms with van der Waals surface area (Å²) in [6.45, 7) is 4.22. The Kier molecular flexibility index (Phi) is 8.18. The highest BCUT2D eigenvalue weighted by atomic mass is 16.5. The third-order valence-corrected chi connectivity index (χ3v) is 3.48. The number of nitrogens with one attached hydrogen (secondary N) is 2. The smallest absolute Gasteiger partial charge is 0.319 e. The standard InChI is InChI=1S/C17H28N2O3/c1-5-6-7-8-9-13(2)18-17(20)19-14-10-15(21-3)12-16(11-14)22-4/h10-13H,5-9H2,1-4H3,(H2,18,19,20). The molecule has 0 fully saturated rings. The zero-order valence-corrected chi connectivity index (χ0v) is 14.1. The number of amides is 2. The lowest BCUT2D eigenvalue weighted by Crippen LogP contribution is -2.36. The van der Waals surface area contributed by atoms with Gasteiger partial charge in [0.2, 0.25) is 0 Å². The molecule has 2 amide bonds. The number of methoxy groups -OCH3 is 2. The van der Waals surface area contributed by atoms with Crippen molar-refractivity contribution in [2.75, 3.05) is 19.5 Å². The van der Waals surface area contributed by atoms with E-state index in [9.17, 15) is 4.79 Å². The number of anilines is 1. The monoisotopic (exact) mass is 308 g/mol. The van der Waals surface area contributed by atoms with Gasteiger partial charge in [0, 0.05) is 29.9 Å². The molecule has 5 nitrogen and oxygen atoms in total. The fraction of sp³-hybridized carbons (Fsp3) is 0.588. The van der Waals surface area contributed by atoms with E-state index in [1.807, 2.05) is 6.92 Å². The summed E-state index contributed by atoms with van der Waals surface area (Å²) in [6, 6.07) is 5.23. The highest BCUT2D eigenvalue weighted by molar-refractivity contribution is 5.89. The first-order valence-corrected chi connectivity index (χ1v) is 7.89. The first kappa shape index (κ1) is 18.1. The van der Waals surface area contributed by atoms with E-state index in [2.05, 4.69) is 17.6 Å². The molecular weight excluding hydrogens is 280 g/mol. The second-order valence-corrected chi connectivity index (χ2v) is 5.45. The van der Waals surface area contributed by atoms with Gasteiger partial charge in [-0.05, 0) is 13.3 Å². The molecule has 22 heavy (non-hydrogen) atoms. The molecule has 1 atom stereocenters. The summed E-state index contributed by atoms with van der Waals surface area (Å²) >= 11 is 0.